The Kier molecular flexibility index (Phi) is 7.53. The minimum Gasteiger partial charge on any atom is -0.493 e. The third kappa shape index (κ3) is 5.56. The van der Waals surface area contributed by atoms with Gasteiger partial charge in [-0.25, -0.2) is 4.98 Å². The lowest BCUT2D eigenvalue weighted by Gasteiger charge is -2.15. The van der Waals surface area contributed by atoms with Gasteiger partial charge in [-0.15, -0.1) is 0 Å². The maximum absolute atomic E-state index is 12.5. The summed E-state index contributed by atoms with van der Waals surface area (Å²) >= 11 is 0. The van der Waals surface area contributed by atoms with Crippen LogP contribution in [0.3, 0.4) is 0 Å². The predicted molar refractivity (Wildman–Crippen MR) is 116 cm³/mol. The Hall–Kier alpha value is -3.49. The van der Waals surface area contributed by atoms with Crippen molar-refractivity contribution in [1.82, 2.24) is 15.2 Å². The number of amides is 2. The summed E-state index contributed by atoms with van der Waals surface area (Å²) in [5, 5.41) is 6.05. The van der Waals surface area contributed by atoms with E-state index in [0.29, 0.717) is 53.8 Å². The lowest BCUT2D eigenvalue weighted by molar-refractivity contribution is -0.127. The van der Waals surface area contributed by atoms with Crippen LogP contribution in [0.2, 0.25) is 0 Å². The summed E-state index contributed by atoms with van der Waals surface area (Å²) in [7, 11) is 4.63. The molecule has 2 N–H and O–H groups in total. The van der Waals surface area contributed by atoms with Gasteiger partial charge >= 0.3 is 0 Å². The van der Waals surface area contributed by atoms with E-state index in [1.165, 1.54) is 0 Å². The molecule has 0 spiro atoms. The van der Waals surface area contributed by atoms with E-state index in [2.05, 4.69) is 15.6 Å². The zero-order chi connectivity index (χ0) is 22.2. The number of methoxy groups -OCH3 is 3. The number of likely N-dealkylation sites (tertiary alicyclic amines) is 1. The second-order valence-electron chi connectivity index (χ2n) is 7.06. The number of nitrogens with zero attached hydrogens (tertiary/aromatic N) is 2. The van der Waals surface area contributed by atoms with Crippen molar-refractivity contribution < 1.29 is 23.8 Å². The molecule has 1 aromatic carbocycles. The number of aromatic nitrogens is 1. The third-order valence-electron chi connectivity index (χ3n) is 5.02. The average molecular weight is 428 g/mol. The Bertz CT molecular complexity index is 909. The minimum atomic E-state index is -0.192. The van der Waals surface area contributed by atoms with Gasteiger partial charge in [-0.1, -0.05) is 0 Å². The van der Waals surface area contributed by atoms with E-state index in [-0.39, 0.29) is 11.8 Å². The molecule has 2 amide bonds. The Morgan fingerprint density at radius 3 is 2.48 bits per heavy atom. The lowest BCUT2D eigenvalue weighted by atomic mass is 10.2. The van der Waals surface area contributed by atoms with Gasteiger partial charge in [0, 0.05) is 55.6 Å². The van der Waals surface area contributed by atoms with Crippen molar-refractivity contribution in [3.05, 3.63) is 36.0 Å². The molecule has 0 aliphatic carbocycles. The highest BCUT2D eigenvalue weighted by Crippen LogP contribution is 2.40. The fraction of sp³-hybridized carbons (Fsp3) is 0.409. The van der Waals surface area contributed by atoms with Gasteiger partial charge in [0.05, 0.1) is 21.3 Å². The summed E-state index contributed by atoms with van der Waals surface area (Å²) in [4.78, 5) is 30.2. The Morgan fingerprint density at radius 1 is 1.13 bits per heavy atom. The zero-order valence-electron chi connectivity index (χ0n) is 18.1. The summed E-state index contributed by atoms with van der Waals surface area (Å²) in [6.45, 7) is 1.98. The number of hydrogen-bond acceptors (Lipinski definition) is 7. The topological polar surface area (TPSA) is 102 Å². The molecule has 0 atom stereocenters. The highest BCUT2D eigenvalue weighted by Gasteiger charge is 2.19. The maximum Gasteiger partial charge on any atom is 0.251 e. The molecule has 0 unspecified atom stereocenters. The largest absolute Gasteiger partial charge is 0.493 e. The first kappa shape index (κ1) is 22.2. The Balaban J connectivity index is 1.61. The van der Waals surface area contributed by atoms with Crippen LogP contribution in [0.1, 0.15) is 29.6 Å². The quantitative estimate of drug-likeness (QED) is 0.561. The van der Waals surface area contributed by atoms with Gasteiger partial charge < -0.3 is 29.7 Å². The zero-order valence-corrected chi connectivity index (χ0v) is 18.1. The van der Waals surface area contributed by atoms with Crippen molar-refractivity contribution in [2.45, 2.75) is 19.3 Å². The summed E-state index contributed by atoms with van der Waals surface area (Å²) in [6, 6.07) is 6.84. The molecule has 2 aromatic rings. The van der Waals surface area contributed by atoms with Gasteiger partial charge in [0.25, 0.3) is 5.91 Å². The van der Waals surface area contributed by atoms with E-state index in [1.807, 2.05) is 4.90 Å². The van der Waals surface area contributed by atoms with E-state index in [4.69, 9.17) is 14.2 Å². The van der Waals surface area contributed by atoms with Gasteiger partial charge in [0.2, 0.25) is 11.7 Å². The maximum atomic E-state index is 12.5. The van der Waals surface area contributed by atoms with Crippen LogP contribution in [-0.2, 0) is 4.79 Å². The van der Waals surface area contributed by atoms with Crippen LogP contribution in [0.5, 0.6) is 17.2 Å². The first-order valence-corrected chi connectivity index (χ1v) is 10.1. The van der Waals surface area contributed by atoms with Crippen molar-refractivity contribution >= 4 is 23.3 Å². The molecule has 2 heterocycles. The van der Waals surface area contributed by atoms with E-state index < -0.39 is 0 Å². The molecule has 0 radical (unpaired) electrons. The summed E-state index contributed by atoms with van der Waals surface area (Å²) < 4.78 is 16.1. The van der Waals surface area contributed by atoms with Gasteiger partial charge in [0.15, 0.2) is 11.5 Å². The van der Waals surface area contributed by atoms with Gasteiger partial charge in [-0.3, -0.25) is 9.59 Å². The van der Waals surface area contributed by atoms with Crippen molar-refractivity contribution in [1.29, 1.82) is 0 Å². The number of benzene rings is 1. The number of carbonyl (C=O) groups excluding carboxylic acids is 2. The Morgan fingerprint density at radius 2 is 1.87 bits per heavy atom. The molecule has 1 aromatic heterocycles. The van der Waals surface area contributed by atoms with Crippen molar-refractivity contribution in [2.24, 2.45) is 0 Å². The highest BCUT2D eigenvalue weighted by molar-refractivity contribution is 5.94. The first-order chi connectivity index (χ1) is 15.0. The number of nitrogens with one attached hydrogen (secondary N) is 2. The van der Waals surface area contributed by atoms with Crippen LogP contribution in [0.15, 0.2) is 30.5 Å². The van der Waals surface area contributed by atoms with Crippen LogP contribution in [0.25, 0.3) is 0 Å². The summed E-state index contributed by atoms with van der Waals surface area (Å²) in [5.74, 6) is 2.02. The van der Waals surface area contributed by atoms with Crippen molar-refractivity contribution in [2.75, 3.05) is 46.3 Å². The molecule has 3 rings (SSSR count). The van der Waals surface area contributed by atoms with E-state index >= 15 is 0 Å². The molecule has 9 nitrogen and oxygen atoms in total. The molecule has 31 heavy (non-hydrogen) atoms. The summed E-state index contributed by atoms with van der Waals surface area (Å²) in [5.41, 5.74) is 1.16. The molecule has 1 aliphatic heterocycles. The fourth-order valence-electron chi connectivity index (χ4n) is 3.46. The van der Waals surface area contributed by atoms with Gasteiger partial charge in [-0.05, 0) is 25.0 Å². The van der Waals surface area contributed by atoms with Crippen LogP contribution < -0.4 is 24.8 Å². The predicted octanol–water partition coefficient (Wildman–Crippen LogP) is 2.59. The second-order valence-corrected chi connectivity index (χ2v) is 7.06. The van der Waals surface area contributed by atoms with Gasteiger partial charge in [-0.2, -0.15) is 0 Å². The molecular formula is C22H28N4O5. The molecule has 0 saturated carbocycles. The van der Waals surface area contributed by atoms with Crippen molar-refractivity contribution in [3.8, 4) is 17.2 Å². The number of carbonyl (C=O) groups is 2. The lowest BCUT2D eigenvalue weighted by Crippen LogP contribution is -2.30. The Labute approximate surface area is 181 Å². The van der Waals surface area contributed by atoms with E-state index in [9.17, 15) is 9.59 Å². The normalized spacial score (nSPS) is 13.1. The molecule has 1 fully saturated rings. The molecule has 166 valence electrons. The van der Waals surface area contributed by atoms with Crippen LogP contribution >= 0.6 is 0 Å². The standard InChI is InChI=1S/C22H28N4O5/c1-29-17-13-16(14-18(30-2)21(17)31-3)25-19-12-15(7-9-23-19)22(28)24-8-5-11-26-10-4-6-20(26)27/h7,9,12-14H,4-6,8,10-11H2,1-3H3,(H,23,25)(H,24,28). The smallest absolute Gasteiger partial charge is 0.251 e. The minimum absolute atomic E-state index is 0.192. The highest BCUT2D eigenvalue weighted by atomic mass is 16.5. The number of hydrogen-bond donors (Lipinski definition) is 2. The SMILES string of the molecule is COc1cc(Nc2cc(C(=O)NCCCN3CCCC3=O)ccn2)cc(OC)c1OC. The monoisotopic (exact) mass is 428 g/mol. The van der Waals surface area contributed by atoms with Crippen LogP contribution in [0.4, 0.5) is 11.5 Å². The van der Waals surface area contributed by atoms with Gasteiger partial charge in [0.1, 0.15) is 5.82 Å². The number of anilines is 2. The average Bonchev–Trinajstić information content (AvgIpc) is 3.20. The molecular weight excluding hydrogens is 400 g/mol. The third-order valence-corrected chi connectivity index (χ3v) is 5.02. The fourth-order valence-corrected chi connectivity index (χ4v) is 3.46. The summed E-state index contributed by atoms with van der Waals surface area (Å²) in [6.07, 6.45) is 3.84. The van der Waals surface area contributed by atoms with Crippen LogP contribution in [-0.4, -0.2) is 62.7 Å². The van der Waals surface area contributed by atoms with E-state index in [1.54, 1.807) is 51.8 Å². The number of rotatable bonds is 10. The molecule has 9 heteroatoms. The number of pyridine rings is 1. The van der Waals surface area contributed by atoms with E-state index in [0.717, 1.165) is 19.4 Å². The molecule has 1 aliphatic rings. The first-order valence-electron chi connectivity index (χ1n) is 10.1. The second kappa shape index (κ2) is 10.5. The van der Waals surface area contributed by atoms with Crippen LogP contribution in [0, 0.1) is 0 Å². The van der Waals surface area contributed by atoms with Crippen molar-refractivity contribution in [3.63, 3.8) is 0 Å². The molecule has 0 bridgehead atoms. The number of ether oxygens (including phenoxy) is 3. The molecule has 1 saturated heterocycles.